The second-order valence-electron chi connectivity index (χ2n) is 5.57. The maximum Gasteiger partial charge on any atom is 0.224 e. The number of amides is 1. The molecule has 104 valence electrons. The maximum atomic E-state index is 11.9. The lowest BCUT2D eigenvalue weighted by Crippen LogP contribution is -2.15. The third kappa shape index (κ3) is 4.54. The first-order valence-corrected chi connectivity index (χ1v) is 7.59. The highest BCUT2D eigenvalue weighted by molar-refractivity contribution is 6.33. The van der Waals surface area contributed by atoms with E-state index in [4.69, 9.17) is 11.6 Å². The van der Waals surface area contributed by atoms with E-state index in [0.29, 0.717) is 11.4 Å². The largest absolute Gasteiger partial charge is 0.325 e. The molecule has 19 heavy (non-hydrogen) atoms. The zero-order valence-corrected chi connectivity index (χ0v) is 12.3. The van der Waals surface area contributed by atoms with Crippen LogP contribution in [0.15, 0.2) is 18.2 Å². The number of nitrogens with one attached hydrogen (secondary N) is 1. The van der Waals surface area contributed by atoms with Crippen LogP contribution in [0.4, 0.5) is 5.69 Å². The molecule has 1 fully saturated rings. The van der Waals surface area contributed by atoms with Gasteiger partial charge in [0.05, 0.1) is 10.7 Å². The van der Waals surface area contributed by atoms with Crippen LogP contribution in [0.3, 0.4) is 0 Å². The van der Waals surface area contributed by atoms with Crippen molar-refractivity contribution in [2.75, 3.05) is 5.32 Å². The minimum Gasteiger partial charge on any atom is -0.325 e. The van der Waals surface area contributed by atoms with E-state index in [-0.39, 0.29) is 5.91 Å². The molecule has 0 aromatic heterocycles. The van der Waals surface area contributed by atoms with Crippen LogP contribution in [0, 0.1) is 12.8 Å². The predicted octanol–water partition coefficient (Wildman–Crippen LogP) is 4.95. The zero-order chi connectivity index (χ0) is 13.7. The Kier molecular flexibility index (Phi) is 5.26. The molecule has 0 aliphatic heterocycles. The fraction of sp³-hybridized carbons (Fsp3) is 0.562. The summed E-state index contributed by atoms with van der Waals surface area (Å²) in [6.45, 7) is 1.99. The Hall–Kier alpha value is -1.02. The van der Waals surface area contributed by atoms with E-state index in [9.17, 15) is 4.79 Å². The summed E-state index contributed by atoms with van der Waals surface area (Å²) in [5.41, 5.74) is 1.83. The van der Waals surface area contributed by atoms with Crippen LogP contribution in [-0.4, -0.2) is 5.91 Å². The second kappa shape index (κ2) is 6.95. The van der Waals surface area contributed by atoms with E-state index in [1.54, 1.807) is 0 Å². The van der Waals surface area contributed by atoms with Crippen LogP contribution in [0.2, 0.25) is 5.02 Å². The number of carbonyl (C=O) groups is 1. The molecular formula is C16H22ClNO. The first-order valence-electron chi connectivity index (χ1n) is 7.21. The monoisotopic (exact) mass is 279 g/mol. The van der Waals surface area contributed by atoms with Gasteiger partial charge in [0.2, 0.25) is 5.91 Å². The van der Waals surface area contributed by atoms with E-state index in [1.807, 2.05) is 25.1 Å². The highest BCUT2D eigenvalue weighted by Crippen LogP contribution is 2.28. The molecule has 1 saturated carbocycles. The summed E-state index contributed by atoms with van der Waals surface area (Å²) >= 11 is 6.11. The number of rotatable bonds is 4. The third-order valence-corrected chi connectivity index (χ3v) is 4.22. The average molecular weight is 280 g/mol. The molecule has 3 heteroatoms. The van der Waals surface area contributed by atoms with E-state index in [2.05, 4.69) is 5.32 Å². The van der Waals surface area contributed by atoms with Crippen LogP contribution >= 0.6 is 11.6 Å². The van der Waals surface area contributed by atoms with Crippen molar-refractivity contribution in [1.29, 1.82) is 0 Å². The molecule has 2 rings (SSSR count). The Balaban J connectivity index is 1.80. The first kappa shape index (κ1) is 14.4. The summed E-state index contributed by atoms with van der Waals surface area (Å²) in [4.78, 5) is 11.9. The molecule has 1 amide bonds. The molecule has 0 saturated heterocycles. The minimum atomic E-state index is 0.0799. The van der Waals surface area contributed by atoms with Gasteiger partial charge in [-0.25, -0.2) is 0 Å². The quantitative estimate of drug-likeness (QED) is 0.830. The molecule has 1 aliphatic rings. The highest BCUT2D eigenvalue weighted by Gasteiger charge is 2.15. The number of aryl methyl sites for hydroxylation is 1. The number of benzene rings is 1. The van der Waals surface area contributed by atoms with Crippen molar-refractivity contribution in [3.63, 3.8) is 0 Å². The smallest absolute Gasteiger partial charge is 0.224 e. The average Bonchev–Trinajstić information content (AvgIpc) is 2.41. The Morgan fingerprint density at radius 3 is 2.74 bits per heavy atom. The van der Waals surface area contributed by atoms with Crippen molar-refractivity contribution >= 4 is 23.2 Å². The number of halogens is 1. The van der Waals surface area contributed by atoms with Gasteiger partial charge in [-0.1, -0.05) is 49.8 Å². The molecule has 0 bridgehead atoms. The Morgan fingerprint density at radius 1 is 1.32 bits per heavy atom. The third-order valence-electron chi connectivity index (χ3n) is 3.90. The van der Waals surface area contributed by atoms with Crippen molar-refractivity contribution in [1.82, 2.24) is 0 Å². The Labute approximate surface area is 120 Å². The lowest BCUT2D eigenvalue weighted by molar-refractivity contribution is -0.116. The van der Waals surface area contributed by atoms with Gasteiger partial charge in [0.1, 0.15) is 0 Å². The molecule has 1 N–H and O–H groups in total. The van der Waals surface area contributed by atoms with Crippen molar-refractivity contribution in [3.05, 3.63) is 28.8 Å². The van der Waals surface area contributed by atoms with E-state index in [0.717, 1.165) is 23.6 Å². The van der Waals surface area contributed by atoms with Gasteiger partial charge in [-0.3, -0.25) is 4.79 Å². The maximum absolute atomic E-state index is 11.9. The van der Waals surface area contributed by atoms with Gasteiger partial charge < -0.3 is 5.32 Å². The summed E-state index contributed by atoms with van der Waals surface area (Å²) in [5.74, 6) is 0.823. The standard InChI is InChI=1S/C16H22ClNO/c1-12-7-9-15(14(17)11-12)18-16(19)10-8-13-5-3-2-4-6-13/h7,9,11,13H,2-6,8,10H2,1H3,(H,18,19). The Morgan fingerprint density at radius 2 is 2.05 bits per heavy atom. The fourth-order valence-corrected chi connectivity index (χ4v) is 3.03. The highest BCUT2D eigenvalue weighted by atomic mass is 35.5. The van der Waals surface area contributed by atoms with Gasteiger partial charge in [-0.05, 0) is 37.0 Å². The van der Waals surface area contributed by atoms with Gasteiger partial charge >= 0.3 is 0 Å². The SMILES string of the molecule is Cc1ccc(NC(=O)CCC2CCCCC2)c(Cl)c1. The number of anilines is 1. The molecule has 0 heterocycles. The van der Waals surface area contributed by atoms with Crippen molar-refractivity contribution in [2.45, 2.75) is 51.9 Å². The number of hydrogen-bond acceptors (Lipinski definition) is 1. The van der Waals surface area contributed by atoms with Gasteiger partial charge in [-0.15, -0.1) is 0 Å². The molecule has 0 unspecified atom stereocenters. The van der Waals surface area contributed by atoms with Gasteiger partial charge in [-0.2, -0.15) is 0 Å². The van der Waals surface area contributed by atoms with Crippen LogP contribution < -0.4 is 5.32 Å². The molecule has 0 spiro atoms. The summed E-state index contributed by atoms with van der Waals surface area (Å²) in [5, 5.41) is 3.52. The normalized spacial score (nSPS) is 16.3. The molecule has 0 atom stereocenters. The zero-order valence-electron chi connectivity index (χ0n) is 11.5. The molecule has 1 aromatic rings. The minimum absolute atomic E-state index is 0.0799. The van der Waals surface area contributed by atoms with Crippen LogP contribution in [0.25, 0.3) is 0 Å². The fourth-order valence-electron chi connectivity index (χ4n) is 2.75. The molecule has 1 aliphatic carbocycles. The summed E-state index contributed by atoms with van der Waals surface area (Å²) in [6, 6.07) is 5.71. The summed E-state index contributed by atoms with van der Waals surface area (Å²) in [7, 11) is 0. The van der Waals surface area contributed by atoms with Gasteiger partial charge in [0, 0.05) is 6.42 Å². The van der Waals surface area contributed by atoms with Crippen molar-refractivity contribution < 1.29 is 4.79 Å². The van der Waals surface area contributed by atoms with Crippen molar-refractivity contribution in [3.8, 4) is 0 Å². The van der Waals surface area contributed by atoms with Gasteiger partial charge in [0.15, 0.2) is 0 Å². The summed E-state index contributed by atoms with van der Waals surface area (Å²) < 4.78 is 0. The number of carbonyl (C=O) groups excluding carboxylic acids is 1. The van der Waals surface area contributed by atoms with Crippen LogP contribution in [0.1, 0.15) is 50.5 Å². The molecule has 1 aromatic carbocycles. The lowest BCUT2D eigenvalue weighted by Gasteiger charge is -2.21. The molecule has 0 radical (unpaired) electrons. The van der Waals surface area contributed by atoms with E-state index in [1.165, 1.54) is 32.1 Å². The molecule has 2 nitrogen and oxygen atoms in total. The first-order chi connectivity index (χ1) is 9.15. The lowest BCUT2D eigenvalue weighted by atomic mass is 9.86. The van der Waals surface area contributed by atoms with Crippen LogP contribution in [0.5, 0.6) is 0 Å². The topological polar surface area (TPSA) is 29.1 Å². The Bertz CT molecular complexity index is 438. The summed E-state index contributed by atoms with van der Waals surface area (Å²) in [6.07, 6.45) is 8.22. The van der Waals surface area contributed by atoms with E-state index >= 15 is 0 Å². The predicted molar refractivity (Wildman–Crippen MR) is 80.6 cm³/mol. The van der Waals surface area contributed by atoms with Crippen molar-refractivity contribution in [2.24, 2.45) is 5.92 Å². The number of hydrogen-bond donors (Lipinski definition) is 1. The second-order valence-corrected chi connectivity index (χ2v) is 5.98. The van der Waals surface area contributed by atoms with Gasteiger partial charge in [0.25, 0.3) is 0 Å². The molecular weight excluding hydrogens is 258 g/mol. The van der Waals surface area contributed by atoms with E-state index < -0.39 is 0 Å². The van der Waals surface area contributed by atoms with Crippen LogP contribution in [-0.2, 0) is 4.79 Å².